The summed E-state index contributed by atoms with van der Waals surface area (Å²) in [4.78, 5) is 54.5. The summed E-state index contributed by atoms with van der Waals surface area (Å²) in [6.45, 7) is 2.01. The number of benzene rings is 2. The summed E-state index contributed by atoms with van der Waals surface area (Å²) < 4.78 is 10.9. The fourth-order valence-corrected chi connectivity index (χ4v) is 5.37. The van der Waals surface area contributed by atoms with Crippen molar-refractivity contribution in [3.63, 3.8) is 0 Å². The molecule has 2 aromatic carbocycles. The van der Waals surface area contributed by atoms with E-state index in [0.717, 1.165) is 34.6 Å². The van der Waals surface area contributed by atoms with Gasteiger partial charge in [-0.25, -0.2) is 14.5 Å². The van der Waals surface area contributed by atoms with E-state index in [0.29, 0.717) is 30.1 Å². The van der Waals surface area contributed by atoms with Crippen LogP contribution in [-0.4, -0.2) is 60.5 Å². The standard InChI is InChI=1S/C28H32N4O6/c1-17(19-6-7-19)31(15-18-4-9-22(37-3)10-5-18)24(33)16-32-25(34)28(38-27(32)36)13-12-20-14-21(8-11-23(20)28)30-26(35)29-2/h4-5,8-11,14,17,19H,6-7,12-13,15-16H2,1-3H3,(H2,29,30,35)/t17-,28+/m0/s1. The Morgan fingerprint density at radius 3 is 2.58 bits per heavy atom. The molecule has 0 unspecified atom stereocenters. The van der Waals surface area contributed by atoms with Crippen LogP contribution in [0.2, 0.25) is 0 Å². The highest BCUT2D eigenvalue weighted by molar-refractivity contribution is 6.06. The van der Waals surface area contributed by atoms with E-state index in [-0.39, 0.29) is 30.9 Å². The van der Waals surface area contributed by atoms with E-state index in [2.05, 4.69) is 10.6 Å². The number of carbonyl (C=O) groups is 4. The highest BCUT2D eigenvalue weighted by atomic mass is 16.6. The number of methoxy groups -OCH3 is 1. The number of hydrogen-bond acceptors (Lipinski definition) is 6. The molecule has 2 N–H and O–H groups in total. The lowest BCUT2D eigenvalue weighted by Crippen LogP contribution is -2.47. The van der Waals surface area contributed by atoms with Crippen LogP contribution in [0.1, 0.15) is 42.9 Å². The van der Waals surface area contributed by atoms with E-state index in [9.17, 15) is 19.2 Å². The monoisotopic (exact) mass is 520 g/mol. The van der Waals surface area contributed by atoms with Gasteiger partial charge in [-0.3, -0.25) is 9.59 Å². The zero-order valence-corrected chi connectivity index (χ0v) is 21.8. The number of urea groups is 1. The molecule has 0 aromatic heterocycles. The zero-order chi connectivity index (χ0) is 27.0. The van der Waals surface area contributed by atoms with Gasteiger partial charge in [-0.05, 0) is 67.5 Å². The molecule has 2 fully saturated rings. The van der Waals surface area contributed by atoms with Crippen molar-refractivity contribution in [2.24, 2.45) is 5.92 Å². The largest absolute Gasteiger partial charge is 0.497 e. The molecule has 200 valence electrons. The Balaban J connectivity index is 1.34. The highest BCUT2D eigenvalue weighted by Crippen LogP contribution is 2.46. The second kappa shape index (κ2) is 10.00. The molecular weight excluding hydrogens is 488 g/mol. The van der Waals surface area contributed by atoms with Gasteiger partial charge in [0, 0.05) is 37.3 Å². The molecule has 5 rings (SSSR count). The number of carbonyl (C=O) groups excluding carboxylic acids is 4. The summed E-state index contributed by atoms with van der Waals surface area (Å²) in [5, 5.41) is 5.20. The summed E-state index contributed by atoms with van der Waals surface area (Å²) in [6.07, 6.45) is 2.08. The molecule has 0 radical (unpaired) electrons. The molecule has 0 bridgehead atoms. The number of fused-ring (bicyclic) bond motifs is 2. The van der Waals surface area contributed by atoms with Crippen LogP contribution in [0, 0.1) is 5.92 Å². The Bertz CT molecular complexity index is 1270. The van der Waals surface area contributed by atoms with Crippen LogP contribution >= 0.6 is 0 Å². The molecule has 1 saturated carbocycles. The van der Waals surface area contributed by atoms with Crippen LogP contribution in [0.4, 0.5) is 15.3 Å². The van der Waals surface area contributed by atoms with Gasteiger partial charge in [-0.15, -0.1) is 0 Å². The Kier molecular flexibility index (Phi) is 6.73. The lowest BCUT2D eigenvalue weighted by molar-refractivity contribution is -0.143. The average molecular weight is 521 g/mol. The van der Waals surface area contributed by atoms with Gasteiger partial charge in [0.25, 0.3) is 5.91 Å². The predicted octanol–water partition coefficient (Wildman–Crippen LogP) is 3.39. The maximum Gasteiger partial charge on any atom is 0.418 e. The van der Waals surface area contributed by atoms with E-state index in [1.165, 1.54) is 7.05 Å². The Hall–Kier alpha value is -4.08. The molecule has 2 aromatic rings. The van der Waals surface area contributed by atoms with Crippen LogP contribution in [0.15, 0.2) is 42.5 Å². The minimum absolute atomic E-state index is 0.0225. The van der Waals surface area contributed by atoms with Crippen molar-refractivity contribution in [1.29, 1.82) is 0 Å². The third kappa shape index (κ3) is 4.66. The van der Waals surface area contributed by atoms with Gasteiger partial charge in [0.2, 0.25) is 11.5 Å². The van der Waals surface area contributed by atoms with Crippen molar-refractivity contribution in [3.8, 4) is 5.75 Å². The van der Waals surface area contributed by atoms with Gasteiger partial charge in [-0.1, -0.05) is 18.2 Å². The number of imide groups is 1. The Morgan fingerprint density at radius 2 is 1.92 bits per heavy atom. The molecule has 1 heterocycles. The number of rotatable bonds is 8. The van der Waals surface area contributed by atoms with Crippen molar-refractivity contribution in [1.82, 2.24) is 15.1 Å². The van der Waals surface area contributed by atoms with Gasteiger partial charge in [0.1, 0.15) is 12.3 Å². The third-order valence-electron chi connectivity index (χ3n) is 7.77. The van der Waals surface area contributed by atoms with E-state index in [4.69, 9.17) is 9.47 Å². The van der Waals surface area contributed by atoms with Gasteiger partial charge in [-0.2, -0.15) is 0 Å². The summed E-state index contributed by atoms with van der Waals surface area (Å²) in [6, 6.07) is 12.3. The smallest absolute Gasteiger partial charge is 0.418 e. The summed E-state index contributed by atoms with van der Waals surface area (Å²) in [5.41, 5.74) is 1.48. The predicted molar refractivity (Wildman–Crippen MR) is 138 cm³/mol. The quantitative estimate of drug-likeness (QED) is 0.551. The van der Waals surface area contributed by atoms with Crippen LogP contribution < -0.4 is 15.4 Å². The zero-order valence-electron chi connectivity index (χ0n) is 21.8. The van der Waals surface area contributed by atoms with Crippen LogP contribution in [-0.2, 0) is 32.9 Å². The number of amides is 5. The van der Waals surface area contributed by atoms with E-state index in [1.807, 2.05) is 31.2 Å². The number of anilines is 1. The van der Waals surface area contributed by atoms with Crippen molar-refractivity contribution in [2.75, 3.05) is 26.0 Å². The summed E-state index contributed by atoms with van der Waals surface area (Å²) in [5.74, 6) is 0.311. The minimum atomic E-state index is -1.44. The molecule has 1 aliphatic heterocycles. The second-order valence-electron chi connectivity index (χ2n) is 10.1. The maximum absolute atomic E-state index is 13.6. The molecule has 10 nitrogen and oxygen atoms in total. The van der Waals surface area contributed by atoms with Gasteiger partial charge in [0.05, 0.1) is 7.11 Å². The molecule has 1 saturated heterocycles. The normalized spacial score (nSPS) is 20.7. The molecule has 38 heavy (non-hydrogen) atoms. The molecule has 2 aliphatic carbocycles. The maximum atomic E-state index is 13.6. The molecule has 3 aliphatic rings. The first-order chi connectivity index (χ1) is 18.3. The average Bonchev–Trinajstić information content (AvgIpc) is 3.67. The van der Waals surface area contributed by atoms with Gasteiger partial charge < -0.3 is 25.0 Å². The van der Waals surface area contributed by atoms with Gasteiger partial charge in [0.15, 0.2) is 0 Å². The van der Waals surface area contributed by atoms with Crippen LogP contribution in [0.25, 0.3) is 0 Å². The van der Waals surface area contributed by atoms with Crippen molar-refractivity contribution in [3.05, 3.63) is 59.2 Å². The van der Waals surface area contributed by atoms with Crippen LogP contribution in [0.5, 0.6) is 5.75 Å². The second-order valence-corrected chi connectivity index (χ2v) is 10.1. The van der Waals surface area contributed by atoms with Crippen molar-refractivity contribution in [2.45, 2.75) is 50.8 Å². The highest BCUT2D eigenvalue weighted by Gasteiger charge is 2.58. The molecular formula is C28H32N4O6. The summed E-state index contributed by atoms with van der Waals surface area (Å²) in [7, 11) is 3.12. The first-order valence-electron chi connectivity index (χ1n) is 12.8. The number of ether oxygens (including phenoxy) is 2. The number of aryl methyl sites for hydroxylation is 1. The Labute approximate surface area is 221 Å². The Morgan fingerprint density at radius 1 is 1.18 bits per heavy atom. The fourth-order valence-electron chi connectivity index (χ4n) is 5.37. The van der Waals surface area contributed by atoms with Crippen LogP contribution in [0.3, 0.4) is 0 Å². The first kappa shape index (κ1) is 25.6. The molecule has 1 spiro atoms. The van der Waals surface area contributed by atoms with E-state index in [1.54, 1.807) is 30.2 Å². The first-order valence-corrected chi connectivity index (χ1v) is 12.8. The molecule has 5 amide bonds. The van der Waals surface area contributed by atoms with Crippen molar-refractivity contribution >= 4 is 29.6 Å². The molecule has 10 heteroatoms. The van der Waals surface area contributed by atoms with Gasteiger partial charge >= 0.3 is 12.1 Å². The third-order valence-corrected chi connectivity index (χ3v) is 7.77. The van der Waals surface area contributed by atoms with Crippen molar-refractivity contribution < 1.29 is 28.7 Å². The van der Waals surface area contributed by atoms with E-state index >= 15 is 0 Å². The number of nitrogens with one attached hydrogen (secondary N) is 2. The number of hydrogen-bond donors (Lipinski definition) is 2. The minimum Gasteiger partial charge on any atom is -0.497 e. The van der Waals surface area contributed by atoms with E-state index < -0.39 is 17.6 Å². The topological polar surface area (TPSA) is 117 Å². The lowest BCUT2D eigenvalue weighted by atomic mass is 9.94. The fraction of sp³-hybridized carbons (Fsp3) is 0.429. The number of nitrogens with zero attached hydrogens (tertiary/aromatic N) is 2. The molecule has 2 atom stereocenters. The summed E-state index contributed by atoms with van der Waals surface area (Å²) >= 11 is 0. The lowest BCUT2D eigenvalue weighted by Gasteiger charge is -2.31. The SMILES string of the molecule is CNC(=O)Nc1ccc2c(c1)CC[C@@]21OC(=O)N(CC(=O)N(Cc2ccc(OC)cc2)[C@@H](C)C2CC2)C1=O.